The van der Waals surface area contributed by atoms with Crippen molar-refractivity contribution in [1.29, 1.82) is 5.26 Å². The van der Waals surface area contributed by atoms with Gasteiger partial charge in [0.25, 0.3) is 5.91 Å². The number of carbonyl (C=O) groups is 2. The second kappa shape index (κ2) is 13.3. The molecule has 1 aromatic heterocycles. The zero-order valence-electron chi connectivity index (χ0n) is 24.6. The normalized spacial score (nSPS) is 15.4. The van der Waals surface area contributed by atoms with Gasteiger partial charge in [0.2, 0.25) is 0 Å². The average molecular weight is 588 g/mol. The zero-order chi connectivity index (χ0) is 30.5. The molecule has 3 aromatic carbocycles. The van der Waals surface area contributed by atoms with Crippen molar-refractivity contribution in [2.24, 2.45) is 0 Å². The van der Waals surface area contributed by atoms with E-state index in [1.165, 1.54) is 35.0 Å². The predicted molar refractivity (Wildman–Crippen MR) is 165 cm³/mol. The molecule has 8 heteroatoms. The summed E-state index contributed by atoms with van der Waals surface area (Å²) in [6.45, 7) is 5.99. The summed E-state index contributed by atoms with van der Waals surface area (Å²) in [5.74, 6) is -0.407. The molecule has 0 unspecified atom stereocenters. The Morgan fingerprint density at radius 3 is 2.14 bits per heavy atom. The van der Waals surface area contributed by atoms with Gasteiger partial charge in [-0.25, -0.2) is 4.39 Å². The largest absolute Gasteiger partial charge is 0.336 e. The van der Waals surface area contributed by atoms with E-state index in [9.17, 15) is 14.0 Å². The number of hydrogen-bond donors (Lipinski definition) is 0. The summed E-state index contributed by atoms with van der Waals surface area (Å²) in [6, 6.07) is 26.0. The molecular formula is C36H34FN5O2. The van der Waals surface area contributed by atoms with Crippen molar-refractivity contribution in [2.75, 3.05) is 32.7 Å². The molecule has 2 aliphatic rings. The number of carbonyl (C=O) groups excluding carboxylic acids is 2. The highest BCUT2D eigenvalue weighted by atomic mass is 19.1. The molecule has 0 N–H and O–H groups in total. The van der Waals surface area contributed by atoms with Gasteiger partial charge in [-0.3, -0.25) is 24.4 Å². The number of hydrogen-bond acceptors (Lipinski definition) is 6. The van der Waals surface area contributed by atoms with Crippen LogP contribution in [0.25, 0.3) is 0 Å². The number of halogens is 1. The molecule has 2 aliphatic heterocycles. The standard InChI is InChI=1S/C36H34FN5O2/c37-33-10-6-28(7-11-33)23-40-15-17-42(18-16-40)36(44)31-9-12-34(39-22-31)35(43)20-29-5-8-30-13-14-41(25-32(30)19-29)24-27-3-1-26(21-38)2-4-27/h1-12,19,22H,13-18,20,23-25H2. The molecule has 6 rings (SSSR count). The van der Waals surface area contributed by atoms with Crippen molar-refractivity contribution in [3.05, 3.63) is 136 Å². The number of pyridine rings is 1. The third-order valence-electron chi connectivity index (χ3n) is 8.49. The van der Waals surface area contributed by atoms with Gasteiger partial charge in [-0.05, 0) is 70.6 Å². The van der Waals surface area contributed by atoms with Crippen LogP contribution in [0.2, 0.25) is 0 Å². The number of amides is 1. The van der Waals surface area contributed by atoms with Crippen molar-refractivity contribution in [2.45, 2.75) is 32.5 Å². The fraction of sp³-hybridized carbons (Fsp3) is 0.278. The molecule has 44 heavy (non-hydrogen) atoms. The molecule has 4 aromatic rings. The zero-order valence-corrected chi connectivity index (χ0v) is 24.6. The van der Waals surface area contributed by atoms with Crippen LogP contribution in [0.15, 0.2) is 85.1 Å². The van der Waals surface area contributed by atoms with Crippen molar-refractivity contribution >= 4 is 11.7 Å². The van der Waals surface area contributed by atoms with E-state index in [0.717, 1.165) is 56.8 Å². The van der Waals surface area contributed by atoms with Crippen LogP contribution in [0, 0.1) is 17.1 Å². The lowest BCUT2D eigenvalue weighted by Crippen LogP contribution is -2.48. The van der Waals surface area contributed by atoms with Crippen LogP contribution in [0.5, 0.6) is 0 Å². The summed E-state index contributed by atoms with van der Waals surface area (Å²) >= 11 is 0. The molecule has 222 valence electrons. The minimum Gasteiger partial charge on any atom is -0.336 e. The van der Waals surface area contributed by atoms with Gasteiger partial charge >= 0.3 is 0 Å². The van der Waals surface area contributed by atoms with E-state index >= 15 is 0 Å². The van der Waals surface area contributed by atoms with Gasteiger partial charge in [0.15, 0.2) is 5.78 Å². The maximum absolute atomic E-state index is 13.2. The highest BCUT2D eigenvalue weighted by Crippen LogP contribution is 2.23. The van der Waals surface area contributed by atoms with Gasteiger partial charge < -0.3 is 4.90 Å². The summed E-state index contributed by atoms with van der Waals surface area (Å²) in [4.78, 5) is 37.0. The van der Waals surface area contributed by atoms with E-state index in [4.69, 9.17) is 5.26 Å². The summed E-state index contributed by atoms with van der Waals surface area (Å²) in [5, 5.41) is 9.04. The Labute approximate surface area is 257 Å². The summed E-state index contributed by atoms with van der Waals surface area (Å²) in [6.07, 6.45) is 2.72. The van der Waals surface area contributed by atoms with Crippen molar-refractivity contribution < 1.29 is 14.0 Å². The van der Waals surface area contributed by atoms with Crippen LogP contribution in [-0.2, 0) is 32.5 Å². The van der Waals surface area contributed by atoms with Gasteiger partial charge in [0.05, 0.1) is 17.2 Å². The highest BCUT2D eigenvalue weighted by Gasteiger charge is 2.23. The van der Waals surface area contributed by atoms with Crippen LogP contribution in [0.1, 0.15) is 54.2 Å². The van der Waals surface area contributed by atoms with E-state index in [1.54, 1.807) is 24.3 Å². The second-order valence-corrected chi connectivity index (χ2v) is 11.6. The molecule has 3 heterocycles. The van der Waals surface area contributed by atoms with E-state index < -0.39 is 0 Å². The van der Waals surface area contributed by atoms with Crippen molar-refractivity contribution in [3.8, 4) is 6.07 Å². The molecule has 0 bridgehead atoms. The van der Waals surface area contributed by atoms with Crippen LogP contribution >= 0.6 is 0 Å². The number of nitrogens with zero attached hydrogens (tertiary/aromatic N) is 5. The van der Waals surface area contributed by atoms with E-state index in [1.807, 2.05) is 35.2 Å². The molecule has 1 fully saturated rings. The van der Waals surface area contributed by atoms with Gasteiger partial charge in [-0.1, -0.05) is 42.5 Å². The third kappa shape index (κ3) is 7.08. The summed E-state index contributed by atoms with van der Waals surface area (Å²) < 4.78 is 13.2. The highest BCUT2D eigenvalue weighted by molar-refractivity contribution is 5.98. The maximum atomic E-state index is 13.2. The minimum absolute atomic E-state index is 0.0800. The van der Waals surface area contributed by atoms with Gasteiger partial charge in [0, 0.05) is 65.0 Å². The average Bonchev–Trinajstić information content (AvgIpc) is 3.06. The Morgan fingerprint density at radius 2 is 1.45 bits per heavy atom. The quantitative estimate of drug-likeness (QED) is 0.269. The molecule has 0 atom stereocenters. The molecule has 0 spiro atoms. The van der Waals surface area contributed by atoms with Crippen LogP contribution in [0.4, 0.5) is 4.39 Å². The van der Waals surface area contributed by atoms with Crippen molar-refractivity contribution in [1.82, 2.24) is 19.7 Å². The number of rotatable bonds is 8. The smallest absolute Gasteiger partial charge is 0.255 e. The first-order chi connectivity index (χ1) is 21.4. The fourth-order valence-electron chi connectivity index (χ4n) is 5.96. The first-order valence-electron chi connectivity index (χ1n) is 15.0. The van der Waals surface area contributed by atoms with Crippen LogP contribution in [-0.4, -0.2) is 64.1 Å². The lowest BCUT2D eigenvalue weighted by Gasteiger charge is -2.34. The number of piperazine rings is 1. The molecular weight excluding hydrogens is 553 g/mol. The Kier molecular flexibility index (Phi) is 8.87. The lowest BCUT2D eigenvalue weighted by molar-refractivity contribution is 0.0627. The van der Waals surface area contributed by atoms with Gasteiger partial charge in [0.1, 0.15) is 11.5 Å². The number of fused-ring (bicyclic) bond motifs is 1. The topological polar surface area (TPSA) is 80.5 Å². The monoisotopic (exact) mass is 587 g/mol. The summed E-state index contributed by atoms with van der Waals surface area (Å²) in [7, 11) is 0. The molecule has 1 saturated heterocycles. The maximum Gasteiger partial charge on any atom is 0.255 e. The number of ketones is 1. The molecule has 0 saturated carbocycles. The van der Waals surface area contributed by atoms with E-state index in [2.05, 4.69) is 33.0 Å². The second-order valence-electron chi connectivity index (χ2n) is 11.6. The molecule has 1 amide bonds. The molecule has 0 radical (unpaired) electrons. The van der Waals surface area contributed by atoms with Gasteiger partial charge in [-0.15, -0.1) is 0 Å². The van der Waals surface area contributed by atoms with Crippen LogP contribution in [0.3, 0.4) is 0 Å². The minimum atomic E-state index is -0.242. The summed E-state index contributed by atoms with van der Waals surface area (Å²) in [5.41, 5.74) is 7.22. The van der Waals surface area contributed by atoms with Crippen LogP contribution < -0.4 is 0 Å². The molecule has 7 nitrogen and oxygen atoms in total. The Hall–Kier alpha value is -4.71. The first kappa shape index (κ1) is 29.4. The Bertz CT molecular complexity index is 1670. The Morgan fingerprint density at radius 1 is 0.773 bits per heavy atom. The fourth-order valence-corrected chi connectivity index (χ4v) is 5.96. The lowest BCUT2D eigenvalue weighted by atomic mass is 9.95. The number of benzene rings is 3. The predicted octanol–water partition coefficient (Wildman–Crippen LogP) is 5.03. The first-order valence-corrected chi connectivity index (χ1v) is 15.0. The van der Waals surface area contributed by atoms with Gasteiger partial charge in [-0.2, -0.15) is 5.26 Å². The number of Topliss-reactive ketones (excluding diaryl/α,β-unsaturated/α-hetero) is 1. The third-order valence-corrected chi connectivity index (χ3v) is 8.49. The number of aromatic nitrogens is 1. The molecule has 0 aliphatic carbocycles. The van der Waals surface area contributed by atoms with Crippen molar-refractivity contribution in [3.63, 3.8) is 0 Å². The van der Waals surface area contributed by atoms with E-state index in [0.29, 0.717) is 29.9 Å². The SMILES string of the molecule is N#Cc1ccc(CN2CCc3ccc(CC(=O)c4ccc(C(=O)N5CCN(Cc6ccc(F)cc6)CC5)cn4)cc3C2)cc1. The number of nitriles is 1. The Balaban J connectivity index is 1.01. The van der Waals surface area contributed by atoms with E-state index in [-0.39, 0.29) is 23.9 Å².